The van der Waals surface area contributed by atoms with Crippen molar-refractivity contribution in [2.45, 2.75) is 33.7 Å². The first-order valence-electron chi connectivity index (χ1n) is 6.23. The second-order valence-electron chi connectivity index (χ2n) is 4.26. The van der Waals surface area contributed by atoms with E-state index in [1.807, 2.05) is 0 Å². The molecule has 0 amide bonds. The number of aryl methyl sites for hydroxylation is 2. The molecular weight excluding hydrogens is 214 g/mol. The lowest BCUT2D eigenvalue weighted by atomic mass is 10.1. The molecule has 1 rings (SSSR count). The third-order valence-electron chi connectivity index (χ3n) is 2.65. The van der Waals surface area contributed by atoms with Gasteiger partial charge in [-0.15, -0.1) is 0 Å². The van der Waals surface area contributed by atoms with Gasteiger partial charge in [-0.3, -0.25) is 0 Å². The van der Waals surface area contributed by atoms with Crippen LogP contribution in [0.5, 0.6) is 5.75 Å². The fraction of sp³-hybridized carbons (Fsp3) is 0.571. The summed E-state index contributed by atoms with van der Waals surface area (Å²) < 4.78 is 5.69. The third kappa shape index (κ3) is 4.36. The maximum absolute atomic E-state index is 8.74. The summed E-state index contributed by atoms with van der Waals surface area (Å²) in [5.74, 6) is 0.957. The van der Waals surface area contributed by atoms with Crippen LogP contribution in [0.3, 0.4) is 0 Å². The van der Waals surface area contributed by atoms with Crippen LogP contribution in [0, 0.1) is 13.8 Å². The van der Waals surface area contributed by atoms with Crippen LogP contribution in [0.25, 0.3) is 0 Å². The van der Waals surface area contributed by atoms with Gasteiger partial charge in [0, 0.05) is 19.6 Å². The average Bonchev–Trinajstić information content (AvgIpc) is 2.30. The van der Waals surface area contributed by atoms with Crippen LogP contribution in [0.15, 0.2) is 12.1 Å². The summed E-state index contributed by atoms with van der Waals surface area (Å²) in [6, 6.07) is 4.31. The minimum atomic E-state index is 0.177. The third-order valence-corrected chi connectivity index (χ3v) is 2.65. The minimum absolute atomic E-state index is 0.177. The van der Waals surface area contributed by atoms with Crippen molar-refractivity contribution in [1.29, 1.82) is 0 Å². The van der Waals surface area contributed by atoms with E-state index in [1.165, 1.54) is 5.56 Å². The molecule has 0 atom stereocenters. The lowest BCUT2D eigenvalue weighted by Gasteiger charge is -2.14. The van der Waals surface area contributed by atoms with Gasteiger partial charge >= 0.3 is 0 Å². The van der Waals surface area contributed by atoms with Crippen LogP contribution in [0.4, 0.5) is 0 Å². The molecule has 0 aromatic heterocycles. The Balaban J connectivity index is 2.72. The van der Waals surface area contributed by atoms with E-state index in [0.717, 1.165) is 30.0 Å². The summed E-state index contributed by atoms with van der Waals surface area (Å²) in [6.45, 7) is 8.86. The van der Waals surface area contributed by atoms with Crippen LogP contribution in [-0.4, -0.2) is 24.9 Å². The van der Waals surface area contributed by atoms with Gasteiger partial charge in [-0.25, -0.2) is 0 Å². The van der Waals surface area contributed by atoms with E-state index >= 15 is 0 Å². The molecule has 0 radical (unpaired) electrons. The molecule has 17 heavy (non-hydrogen) atoms. The highest BCUT2D eigenvalue weighted by Gasteiger charge is 2.06. The number of ether oxygens (including phenoxy) is 1. The van der Waals surface area contributed by atoms with Crippen LogP contribution in [0.1, 0.15) is 30.0 Å². The summed E-state index contributed by atoms with van der Waals surface area (Å²) in [5, 5.41) is 12.1. The standard InChI is InChI=1S/C14H23NO2/c1-4-15-10-13-8-11(2)14(12(3)9-13)17-7-5-6-16/h8-9,15-16H,4-7,10H2,1-3H3. The van der Waals surface area contributed by atoms with Gasteiger partial charge in [0.2, 0.25) is 0 Å². The fourth-order valence-electron chi connectivity index (χ4n) is 1.88. The molecular formula is C14H23NO2. The second-order valence-corrected chi connectivity index (χ2v) is 4.26. The number of aliphatic hydroxyl groups is 1. The normalized spacial score (nSPS) is 10.6. The lowest BCUT2D eigenvalue weighted by Crippen LogP contribution is -2.12. The highest BCUT2D eigenvalue weighted by atomic mass is 16.5. The molecule has 0 spiro atoms. The molecule has 2 N–H and O–H groups in total. The molecule has 0 fully saturated rings. The Kier molecular flexibility index (Phi) is 6.01. The van der Waals surface area contributed by atoms with E-state index in [1.54, 1.807) is 0 Å². The van der Waals surface area contributed by atoms with E-state index in [9.17, 15) is 0 Å². The Bertz CT molecular complexity index is 327. The van der Waals surface area contributed by atoms with E-state index < -0.39 is 0 Å². The van der Waals surface area contributed by atoms with Crippen molar-refractivity contribution in [1.82, 2.24) is 5.32 Å². The first kappa shape index (κ1) is 14.0. The highest BCUT2D eigenvalue weighted by Crippen LogP contribution is 2.24. The van der Waals surface area contributed by atoms with E-state index in [2.05, 4.69) is 38.2 Å². The highest BCUT2D eigenvalue weighted by molar-refractivity contribution is 5.43. The van der Waals surface area contributed by atoms with Crippen molar-refractivity contribution in [3.63, 3.8) is 0 Å². The van der Waals surface area contributed by atoms with Crippen LogP contribution in [-0.2, 0) is 6.54 Å². The van der Waals surface area contributed by atoms with Gasteiger partial charge in [-0.05, 0) is 37.1 Å². The number of aliphatic hydroxyl groups excluding tert-OH is 1. The van der Waals surface area contributed by atoms with Gasteiger partial charge in [0.15, 0.2) is 0 Å². The summed E-state index contributed by atoms with van der Waals surface area (Å²) in [6.07, 6.45) is 0.679. The van der Waals surface area contributed by atoms with Gasteiger partial charge in [0.05, 0.1) is 6.61 Å². The Morgan fingerprint density at radius 2 is 1.88 bits per heavy atom. The van der Waals surface area contributed by atoms with E-state index in [-0.39, 0.29) is 6.61 Å². The minimum Gasteiger partial charge on any atom is -0.493 e. The number of benzene rings is 1. The molecule has 0 bridgehead atoms. The molecule has 0 unspecified atom stereocenters. The van der Waals surface area contributed by atoms with Crippen molar-refractivity contribution in [2.75, 3.05) is 19.8 Å². The Labute approximate surface area is 104 Å². The number of nitrogens with one attached hydrogen (secondary N) is 1. The maximum atomic E-state index is 8.74. The number of hydrogen-bond acceptors (Lipinski definition) is 3. The summed E-state index contributed by atoms with van der Waals surface area (Å²) in [5.41, 5.74) is 3.61. The molecule has 0 aliphatic heterocycles. The van der Waals surface area contributed by atoms with Crippen molar-refractivity contribution in [3.8, 4) is 5.75 Å². The van der Waals surface area contributed by atoms with Crippen molar-refractivity contribution in [3.05, 3.63) is 28.8 Å². The van der Waals surface area contributed by atoms with Crippen molar-refractivity contribution in [2.24, 2.45) is 0 Å². The smallest absolute Gasteiger partial charge is 0.125 e. The maximum Gasteiger partial charge on any atom is 0.125 e. The molecule has 96 valence electrons. The zero-order chi connectivity index (χ0) is 12.7. The lowest BCUT2D eigenvalue weighted by molar-refractivity contribution is 0.232. The number of hydrogen-bond donors (Lipinski definition) is 2. The molecule has 0 saturated heterocycles. The van der Waals surface area contributed by atoms with Crippen LogP contribution >= 0.6 is 0 Å². The Morgan fingerprint density at radius 3 is 2.41 bits per heavy atom. The van der Waals surface area contributed by atoms with Crippen LogP contribution in [0.2, 0.25) is 0 Å². The zero-order valence-electron chi connectivity index (χ0n) is 11.0. The molecule has 1 aromatic carbocycles. The number of rotatable bonds is 7. The molecule has 1 aromatic rings. The van der Waals surface area contributed by atoms with Crippen LogP contribution < -0.4 is 10.1 Å². The predicted molar refractivity (Wildman–Crippen MR) is 70.5 cm³/mol. The van der Waals surface area contributed by atoms with Gasteiger partial charge in [0.1, 0.15) is 5.75 Å². The fourth-order valence-corrected chi connectivity index (χ4v) is 1.88. The molecule has 3 nitrogen and oxygen atoms in total. The van der Waals surface area contributed by atoms with Crippen molar-refractivity contribution < 1.29 is 9.84 Å². The molecule has 3 heteroatoms. The van der Waals surface area contributed by atoms with E-state index in [4.69, 9.17) is 9.84 Å². The largest absolute Gasteiger partial charge is 0.493 e. The summed E-state index contributed by atoms with van der Waals surface area (Å²) >= 11 is 0. The molecule has 0 saturated carbocycles. The first-order chi connectivity index (χ1) is 8.19. The van der Waals surface area contributed by atoms with Gasteiger partial charge < -0.3 is 15.2 Å². The zero-order valence-corrected chi connectivity index (χ0v) is 11.0. The Morgan fingerprint density at radius 1 is 1.24 bits per heavy atom. The SMILES string of the molecule is CCNCc1cc(C)c(OCCCO)c(C)c1. The summed E-state index contributed by atoms with van der Waals surface area (Å²) in [4.78, 5) is 0. The monoisotopic (exact) mass is 237 g/mol. The summed E-state index contributed by atoms with van der Waals surface area (Å²) in [7, 11) is 0. The van der Waals surface area contributed by atoms with Gasteiger partial charge in [-0.2, -0.15) is 0 Å². The second kappa shape index (κ2) is 7.30. The van der Waals surface area contributed by atoms with Gasteiger partial charge in [0.25, 0.3) is 0 Å². The topological polar surface area (TPSA) is 41.5 Å². The van der Waals surface area contributed by atoms with Crippen molar-refractivity contribution >= 4 is 0 Å². The average molecular weight is 237 g/mol. The first-order valence-corrected chi connectivity index (χ1v) is 6.23. The quantitative estimate of drug-likeness (QED) is 0.714. The predicted octanol–water partition coefficient (Wildman–Crippen LogP) is 2.17. The van der Waals surface area contributed by atoms with E-state index in [0.29, 0.717) is 13.0 Å². The Hall–Kier alpha value is -1.06. The van der Waals surface area contributed by atoms with Gasteiger partial charge in [-0.1, -0.05) is 19.1 Å². The molecule has 0 aliphatic rings. The molecule has 0 heterocycles. The molecule has 0 aliphatic carbocycles.